The number of nitrogens with zero attached hydrogens (tertiary/aromatic N) is 1. The van der Waals surface area contributed by atoms with Crippen molar-refractivity contribution < 1.29 is 0 Å². The lowest BCUT2D eigenvalue weighted by atomic mass is 9.96. The Morgan fingerprint density at radius 2 is 1.75 bits per heavy atom. The van der Waals surface area contributed by atoms with Crippen LogP contribution in [0, 0.1) is 0 Å². The molecule has 0 spiro atoms. The van der Waals surface area contributed by atoms with E-state index in [-0.39, 0.29) is 6.04 Å². The number of nitrogens with one attached hydrogen (secondary N) is 1. The number of pyridine rings is 1. The molecule has 4 heteroatoms. The summed E-state index contributed by atoms with van der Waals surface area (Å²) in [5, 5.41) is 0. The van der Waals surface area contributed by atoms with Gasteiger partial charge in [-0.05, 0) is 35.1 Å². The molecule has 0 aliphatic heterocycles. The Morgan fingerprint density at radius 1 is 1.10 bits per heavy atom. The molecule has 2 rings (SSSR count). The van der Waals surface area contributed by atoms with Gasteiger partial charge in [-0.1, -0.05) is 44.2 Å². The second-order valence-electron chi connectivity index (χ2n) is 5.29. The fraction of sp³-hybridized carbons (Fsp3) is 0.312. The molecule has 1 aromatic heterocycles. The van der Waals surface area contributed by atoms with Gasteiger partial charge in [-0.25, -0.2) is 4.98 Å². The van der Waals surface area contributed by atoms with Crippen LogP contribution in [0.25, 0.3) is 0 Å². The monoisotopic (exact) mass is 270 g/mol. The summed E-state index contributed by atoms with van der Waals surface area (Å²) in [5.41, 5.74) is 12.2. The van der Waals surface area contributed by atoms with Gasteiger partial charge in [-0.3, -0.25) is 11.3 Å². The molecular formula is C16H22N4. The first-order valence-electron chi connectivity index (χ1n) is 6.87. The minimum Gasteiger partial charge on any atom is -0.383 e. The highest BCUT2D eigenvalue weighted by atomic mass is 15.2. The van der Waals surface area contributed by atoms with E-state index in [4.69, 9.17) is 11.6 Å². The number of aromatic nitrogens is 1. The molecular weight excluding hydrogens is 248 g/mol. The first-order chi connectivity index (χ1) is 9.61. The average molecular weight is 270 g/mol. The lowest BCUT2D eigenvalue weighted by molar-refractivity contribution is 0.552. The molecule has 20 heavy (non-hydrogen) atoms. The Hall–Kier alpha value is -1.91. The maximum Gasteiger partial charge on any atom is 0.126 e. The Labute approximate surface area is 120 Å². The van der Waals surface area contributed by atoms with Crippen LogP contribution in [-0.4, -0.2) is 4.98 Å². The van der Waals surface area contributed by atoms with Crippen LogP contribution in [0.3, 0.4) is 0 Å². The first kappa shape index (κ1) is 14.5. The van der Waals surface area contributed by atoms with Gasteiger partial charge in [0.2, 0.25) is 0 Å². The van der Waals surface area contributed by atoms with Gasteiger partial charge in [0, 0.05) is 6.20 Å². The molecule has 0 bridgehead atoms. The Bertz CT molecular complexity index is 549. The van der Waals surface area contributed by atoms with Crippen molar-refractivity contribution in [3.05, 3.63) is 59.3 Å². The van der Waals surface area contributed by atoms with E-state index in [0.29, 0.717) is 11.7 Å². The van der Waals surface area contributed by atoms with Crippen LogP contribution in [0.2, 0.25) is 0 Å². The summed E-state index contributed by atoms with van der Waals surface area (Å²) < 4.78 is 0. The summed E-state index contributed by atoms with van der Waals surface area (Å²) >= 11 is 0. The minimum atomic E-state index is 0.0303. The lowest BCUT2D eigenvalue weighted by Gasteiger charge is -2.18. The minimum absolute atomic E-state index is 0.0303. The van der Waals surface area contributed by atoms with Gasteiger partial charge < -0.3 is 5.73 Å². The number of hydrogen-bond donors (Lipinski definition) is 3. The van der Waals surface area contributed by atoms with E-state index in [1.54, 1.807) is 6.20 Å². The summed E-state index contributed by atoms with van der Waals surface area (Å²) in [6.07, 6.45) is 2.42. The third-order valence-electron chi connectivity index (χ3n) is 3.56. The molecule has 0 fully saturated rings. The molecule has 1 aromatic carbocycles. The van der Waals surface area contributed by atoms with Crippen LogP contribution in [0.5, 0.6) is 0 Å². The highest BCUT2D eigenvalue weighted by Crippen LogP contribution is 2.22. The van der Waals surface area contributed by atoms with Crippen LogP contribution in [0.15, 0.2) is 42.6 Å². The third kappa shape index (κ3) is 3.35. The quantitative estimate of drug-likeness (QED) is 0.576. The van der Waals surface area contributed by atoms with E-state index in [9.17, 15) is 0 Å². The number of anilines is 1. The molecule has 4 nitrogen and oxygen atoms in total. The maximum atomic E-state index is 5.89. The number of nitrogens with two attached hydrogens (primary N) is 2. The SMILES string of the molecule is CC(C)c1ccc(C(Cc2cccnc2N)NN)cc1. The van der Waals surface area contributed by atoms with Crippen molar-refractivity contribution in [1.82, 2.24) is 10.4 Å². The van der Waals surface area contributed by atoms with Gasteiger partial charge >= 0.3 is 0 Å². The fourth-order valence-corrected chi connectivity index (χ4v) is 2.23. The zero-order valence-electron chi connectivity index (χ0n) is 12.0. The van der Waals surface area contributed by atoms with Crippen molar-refractivity contribution in [2.45, 2.75) is 32.2 Å². The molecule has 0 radical (unpaired) electrons. The van der Waals surface area contributed by atoms with Crippen molar-refractivity contribution in [1.29, 1.82) is 0 Å². The Balaban J connectivity index is 2.18. The van der Waals surface area contributed by atoms with Crippen molar-refractivity contribution in [2.75, 3.05) is 5.73 Å². The number of hydrazine groups is 1. The average Bonchev–Trinajstić information content (AvgIpc) is 2.46. The summed E-state index contributed by atoms with van der Waals surface area (Å²) in [4.78, 5) is 4.11. The van der Waals surface area contributed by atoms with E-state index in [2.05, 4.69) is 48.5 Å². The summed E-state index contributed by atoms with van der Waals surface area (Å²) in [6.45, 7) is 4.37. The zero-order valence-corrected chi connectivity index (χ0v) is 12.0. The van der Waals surface area contributed by atoms with Crippen molar-refractivity contribution in [3.63, 3.8) is 0 Å². The van der Waals surface area contributed by atoms with Gasteiger partial charge in [0.1, 0.15) is 5.82 Å². The molecule has 0 aliphatic rings. The van der Waals surface area contributed by atoms with Gasteiger partial charge in [-0.2, -0.15) is 0 Å². The Morgan fingerprint density at radius 3 is 2.30 bits per heavy atom. The second-order valence-corrected chi connectivity index (χ2v) is 5.29. The fourth-order valence-electron chi connectivity index (χ4n) is 2.23. The lowest BCUT2D eigenvalue weighted by Crippen LogP contribution is -2.29. The first-order valence-corrected chi connectivity index (χ1v) is 6.87. The van der Waals surface area contributed by atoms with Crippen molar-refractivity contribution >= 4 is 5.82 Å². The molecule has 1 unspecified atom stereocenters. The number of rotatable bonds is 5. The number of nitrogen functional groups attached to an aromatic ring is 1. The molecule has 0 saturated carbocycles. The van der Waals surface area contributed by atoms with Crippen LogP contribution in [-0.2, 0) is 6.42 Å². The van der Waals surface area contributed by atoms with E-state index >= 15 is 0 Å². The molecule has 2 aromatic rings. The maximum absolute atomic E-state index is 5.89. The molecule has 0 saturated heterocycles. The van der Waals surface area contributed by atoms with Gasteiger partial charge in [0.25, 0.3) is 0 Å². The normalized spacial score (nSPS) is 12.6. The standard InChI is InChI=1S/C16H22N4/c1-11(2)12-5-7-13(8-6-12)15(20-18)10-14-4-3-9-19-16(14)17/h3-9,11,15,20H,10,18H2,1-2H3,(H2,17,19). The van der Waals surface area contributed by atoms with Gasteiger partial charge in [0.15, 0.2) is 0 Å². The highest BCUT2D eigenvalue weighted by molar-refractivity contribution is 5.40. The van der Waals surface area contributed by atoms with Crippen molar-refractivity contribution in [3.8, 4) is 0 Å². The largest absolute Gasteiger partial charge is 0.383 e. The predicted octanol–water partition coefficient (Wildman–Crippen LogP) is 2.53. The molecule has 0 amide bonds. The van der Waals surface area contributed by atoms with E-state index in [1.165, 1.54) is 5.56 Å². The number of benzene rings is 1. The predicted molar refractivity (Wildman–Crippen MR) is 82.9 cm³/mol. The third-order valence-corrected chi connectivity index (χ3v) is 3.56. The number of hydrogen-bond acceptors (Lipinski definition) is 4. The van der Waals surface area contributed by atoms with E-state index < -0.39 is 0 Å². The van der Waals surface area contributed by atoms with Crippen LogP contribution in [0.4, 0.5) is 5.82 Å². The van der Waals surface area contributed by atoms with Crippen molar-refractivity contribution in [2.24, 2.45) is 5.84 Å². The smallest absolute Gasteiger partial charge is 0.126 e. The van der Waals surface area contributed by atoms with E-state index in [1.807, 2.05) is 12.1 Å². The van der Waals surface area contributed by atoms with Crippen LogP contribution in [0.1, 0.15) is 42.5 Å². The summed E-state index contributed by atoms with van der Waals surface area (Å²) in [7, 11) is 0. The summed E-state index contributed by atoms with van der Waals surface area (Å²) in [6, 6.07) is 12.4. The molecule has 106 valence electrons. The molecule has 1 atom stereocenters. The van der Waals surface area contributed by atoms with E-state index in [0.717, 1.165) is 17.5 Å². The van der Waals surface area contributed by atoms with Crippen LogP contribution < -0.4 is 17.0 Å². The zero-order chi connectivity index (χ0) is 14.5. The Kier molecular flexibility index (Phi) is 4.71. The van der Waals surface area contributed by atoms with Crippen LogP contribution >= 0.6 is 0 Å². The topological polar surface area (TPSA) is 77.0 Å². The van der Waals surface area contributed by atoms with Gasteiger partial charge in [0.05, 0.1) is 6.04 Å². The van der Waals surface area contributed by atoms with Gasteiger partial charge in [-0.15, -0.1) is 0 Å². The molecule has 0 aliphatic carbocycles. The second kappa shape index (κ2) is 6.50. The molecule has 5 N–H and O–H groups in total. The molecule has 1 heterocycles. The highest BCUT2D eigenvalue weighted by Gasteiger charge is 2.13. The summed E-state index contributed by atoms with van der Waals surface area (Å²) in [5.74, 6) is 6.78.